The average molecular weight is 305 g/mol. The monoisotopic (exact) mass is 305 g/mol. The lowest BCUT2D eigenvalue weighted by atomic mass is 10.0. The van der Waals surface area contributed by atoms with Crippen LogP contribution in [-0.2, 0) is 9.53 Å². The van der Waals surface area contributed by atoms with Gasteiger partial charge in [-0.05, 0) is 19.4 Å². The Bertz CT molecular complexity index is 492. The van der Waals surface area contributed by atoms with E-state index in [1.807, 2.05) is 39.0 Å². The number of nitrogens with one attached hydrogen (secondary N) is 1. The zero-order valence-corrected chi connectivity index (χ0v) is 14.1. The maximum absolute atomic E-state index is 11.4. The Kier molecular flexibility index (Phi) is 7.43. The number of amidine groups is 1. The zero-order valence-electron chi connectivity index (χ0n) is 14.1. The first-order valence-electron chi connectivity index (χ1n) is 7.85. The Morgan fingerprint density at radius 2 is 2.18 bits per heavy atom. The van der Waals surface area contributed by atoms with Gasteiger partial charge in [-0.1, -0.05) is 32.6 Å². The second kappa shape index (κ2) is 9.07. The topological polar surface area (TPSA) is 53.9 Å². The summed E-state index contributed by atoms with van der Waals surface area (Å²) in [5, 5.41) is 2.82. The highest BCUT2D eigenvalue weighted by Gasteiger charge is 2.33. The highest BCUT2D eigenvalue weighted by atomic mass is 16.5. The minimum atomic E-state index is 0.0409. The molecule has 2 aliphatic rings. The molecule has 22 heavy (non-hydrogen) atoms. The number of aliphatic imine (C=N–C) groups is 1. The van der Waals surface area contributed by atoms with Crippen molar-refractivity contribution < 1.29 is 9.53 Å². The van der Waals surface area contributed by atoms with Crippen LogP contribution in [-0.4, -0.2) is 42.9 Å². The normalized spacial score (nSPS) is 25.8. The van der Waals surface area contributed by atoms with Gasteiger partial charge in [0, 0.05) is 19.2 Å². The molecular weight excluding hydrogens is 278 g/mol. The summed E-state index contributed by atoms with van der Waals surface area (Å²) in [6.07, 6.45) is 7.08. The van der Waals surface area contributed by atoms with Crippen molar-refractivity contribution in [1.82, 2.24) is 10.2 Å². The number of hydrogen-bond donors (Lipinski definition) is 1. The minimum absolute atomic E-state index is 0.0409. The Morgan fingerprint density at radius 3 is 2.77 bits per heavy atom. The third kappa shape index (κ3) is 4.23. The van der Waals surface area contributed by atoms with Crippen LogP contribution in [0.5, 0.6) is 0 Å². The summed E-state index contributed by atoms with van der Waals surface area (Å²) in [6.45, 7) is 11.3. The van der Waals surface area contributed by atoms with E-state index in [0.29, 0.717) is 13.0 Å². The molecule has 0 aromatic carbocycles. The van der Waals surface area contributed by atoms with Crippen molar-refractivity contribution in [2.45, 2.75) is 39.7 Å². The van der Waals surface area contributed by atoms with E-state index in [2.05, 4.69) is 21.8 Å². The van der Waals surface area contributed by atoms with Gasteiger partial charge in [0.05, 0.1) is 12.6 Å². The molecule has 0 bridgehead atoms. The molecule has 0 aromatic rings. The maximum atomic E-state index is 11.4. The molecule has 5 nitrogen and oxygen atoms in total. The van der Waals surface area contributed by atoms with Gasteiger partial charge in [-0.15, -0.1) is 0 Å². The lowest BCUT2D eigenvalue weighted by molar-refractivity contribution is -0.121. The van der Waals surface area contributed by atoms with E-state index in [1.54, 1.807) is 7.05 Å². The number of ether oxygens (including phenoxy) is 1. The van der Waals surface area contributed by atoms with Crippen LogP contribution in [0.15, 0.2) is 41.3 Å². The number of carbonyl (C=O) groups excluding carboxylic acids is 1. The molecule has 1 unspecified atom stereocenters. The molecule has 1 atom stereocenters. The number of amides is 1. The van der Waals surface area contributed by atoms with Gasteiger partial charge in [0.15, 0.2) is 11.6 Å². The van der Waals surface area contributed by atoms with Crippen LogP contribution in [0.25, 0.3) is 0 Å². The summed E-state index contributed by atoms with van der Waals surface area (Å²) in [7, 11) is 1.75. The van der Waals surface area contributed by atoms with Crippen molar-refractivity contribution in [3.05, 3.63) is 36.3 Å². The Hall–Kier alpha value is -2.04. The van der Waals surface area contributed by atoms with Gasteiger partial charge in [-0.3, -0.25) is 9.79 Å². The number of nitrogens with zero attached hydrogens (tertiary/aromatic N) is 2. The molecule has 2 aliphatic heterocycles. The van der Waals surface area contributed by atoms with E-state index >= 15 is 0 Å². The van der Waals surface area contributed by atoms with Crippen molar-refractivity contribution in [1.29, 1.82) is 0 Å². The third-order valence-electron chi connectivity index (χ3n) is 3.46. The Balaban J connectivity index is 0.00000116. The molecule has 0 aromatic heterocycles. The Labute approximate surface area is 133 Å². The maximum Gasteiger partial charge on any atom is 0.224 e. The van der Waals surface area contributed by atoms with Crippen LogP contribution in [0.3, 0.4) is 0 Å². The predicted octanol–water partition coefficient (Wildman–Crippen LogP) is 2.63. The lowest BCUT2D eigenvalue weighted by Crippen LogP contribution is -2.52. The third-order valence-corrected chi connectivity index (χ3v) is 3.46. The van der Waals surface area contributed by atoms with E-state index < -0.39 is 0 Å². The number of allylic oxidation sites excluding steroid dienone is 3. The number of carbonyl (C=O) groups is 1. The number of hydrogen-bond acceptors (Lipinski definition) is 3. The molecule has 1 N–H and O–H groups in total. The quantitative estimate of drug-likeness (QED) is 0.853. The number of morpholine rings is 1. The van der Waals surface area contributed by atoms with Crippen molar-refractivity contribution in [2.75, 3.05) is 20.2 Å². The fourth-order valence-corrected chi connectivity index (χ4v) is 2.53. The molecule has 2 fully saturated rings. The van der Waals surface area contributed by atoms with Crippen LogP contribution in [0.1, 0.15) is 33.6 Å². The molecule has 0 radical (unpaired) electrons. The van der Waals surface area contributed by atoms with E-state index in [9.17, 15) is 4.79 Å². The van der Waals surface area contributed by atoms with Crippen LogP contribution in [0.4, 0.5) is 0 Å². The fourth-order valence-electron chi connectivity index (χ4n) is 2.53. The van der Waals surface area contributed by atoms with E-state index in [0.717, 1.165) is 30.3 Å². The van der Waals surface area contributed by atoms with Gasteiger partial charge < -0.3 is 15.0 Å². The van der Waals surface area contributed by atoms with Gasteiger partial charge >= 0.3 is 0 Å². The van der Waals surface area contributed by atoms with Crippen LogP contribution >= 0.6 is 0 Å². The molecule has 5 heteroatoms. The highest BCUT2D eigenvalue weighted by molar-refractivity contribution is 5.98. The van der Waals surface area contributed by atoms with E-state index in [-0.39, 0.29) is 11.9 Å². The number of piperidine rings is 1. The van der Waals surface area contributed by atoms with E-state index in [1.165, 1.54) is 0 Å². The molecular formula is C17H27N3O2. The minimum Gasteiger partial charge on any atom is -0.488 e. The van der Waals surface area contributed by atoms with Gasteiger partial charge in [-0.2, -0.15) is 0 Å². The van der Waals surface area contributed by atoms with Gasteiger partial charge in [0.1, 0.15) is 6.61 Å². The summed E-state index contributed by atoms with van der Waals surface area (Å²) in [5.41, 5.74) is 0.745. The number of rotatable bonds is 2. The standard InChI is InChI=1S/C15H21N3O2.C2H6/c1-4-5-6-13-15(16-3)18(9-10-20-13)12-7-8-14(19)17-11(12)2;1-2/h4-6,12H,2,7-10H2,1,3H3,(H,17,19);1-2H3/b5-4-,13-6+,16-15?;. The lowest BCUT2D eigenvalue weighted by Gasteiger charge is -2.40. The first kappa shape index (κ1) is 18.0. The average Bonchev–Trinajstić information content (AvgIpc) is 2.54. The second-order valence-corrected chi connectivity index (χ2v) is 4.77. The zero-order chi connectivity index (χ0) is 16.5. The van der Waals surface area contributed by atoms with Crippen molar-refractivity contribution in [2.24, 2.45) is 4.99 Å². The smallest absolute Gasteiger partial charge is 0.224 e. The summed E-state index contributed by atoms with van der Waals surface area (Å²) in [4.78, 5) is 17.9. The van der Waals surface area contributed by atoms with Crippen LogP contribution in [0, 0.1) is 0 Å². The first-order chi connectivity index (χ1) is 10.7. The summed E-state index contributed by atoms with van der Waals surface area (Å²) in [5.74, 6) is 1.62. The van der Waals surface area contributed by atoms with Gasteiger partial charge in [0.2, 0.25) is 5.91 Å². The van der Waals surface area contributed by atoms with Gasteiger partial charge in [-0.25, -0.2) is 0 Å². The molecule has 1 amide bonds. The SMILES string of the molecule is C=C1NC(=O)CCC1N1CCO/C(=C/C=C\C)C1=NC.CC. The molecule has 0 aliphatic carbocycles. The molecule has 2 heterocycles. The fraction of sp³-hybridized carbons (Fsp3) is 0.529. The summed E-state index contributed by atoms with van der Waals surface area (Å²) >= 11 is 0. The second-order valence-electron chi connectivity index (χ2n) is 4.77. The first-order valence-corrected chi connectivity index (χ1v) is 7.85. The molecule has 0 spiro atoms. The van der Waals surface area contributed by atoms with Crippen molar-refractivity contribution in [3.63, 3.8) is 0 Å². The van der Waals surface area contributed by atoms with Crippen molar-refractivity contribution >= 4 is 11.7 Å². The van der Waals surface area contributed by atoms with Crippen LogP contribution < -0.4 is 5.32 Å². The molecule has 122 valence electrons. The molecule has 2 rings (SSSR count). The van der Waals surface area contributed by atoms with Crippen LogP contribution in [0.2, 0.25) is 0 Å². The summed E-state index contributed by atoms with van der Waals surface area (Å²) < 4.78 is 5.68. The molecule has 0 saturated carbocycles. The van der Waals surface area contributed by atoms with Crippen molar-refractivity contribution in [3.8, 4) is 0 Å². The Morgan fingerprint density at radius 1 is 1.45 bits per heavy atom. The van der Waals surface area contributed by atoms with E-state index in [4.69, 9.17) is 4.74 Å². The largest absolute Gasteiger partial charge is 0.488 e. The molecule has 2 saturated heterocycles. The van der Waals surface area contributed by atoms with Gasteiger partial charge in [0.25, 0.3) is 0 Å². The summed E-state index contributed by atoms with van der Waals surface area (Å²) in [6, 6.07) is 0.0873. The predicted molar refractivity (Wildman–Crippen MR) is 90.6 cm³/mol. The highest BCUT2D eigenvalue weighted by Crippen LogP contribution is 2.23.